The molecule has 1 aliphatic carbocycles. The lowest BCUT2D eigenvalue weighted by atomic mass is 9.89. The molecular formula is C22H22N4O3. The molecule has 0 saturated heterocycles. The van der Waals surface area contributed by atoms with E-state index in [1.807, 2.05) is 18.2 Å². The number of ketones is 1. The van der Waals surface area contributed by atoms with Crippen molar-refractivity contribution in [2.24, 2.45) is 0 Å². The van der Waals surface area contributed by atoms with E-state index >= 15 is 0 Å². The number of rotatable bonds is 4. The zero-order valence-electron chi connectivity index (χ0n) is 16.1. The predicted octanol–water partition coefficient (Wildman–Crippen LogP) is 4.17. The van der Waals surface area contributed by atoms with Crippen molar-refractivity contribution >= 4 is 17.3 Å². The maximum Gasteiger partial charge on any atom is 0.331 e. The van der Waals surface area contributed by atoms with Gasteiger partial charge in [0.05, 0.1) is 11.4 Å². The topological polar surface area (TPSA) is 109 Å². The van der Waals surface area contributed by atoms with Crippen molar-refractivity contribution in [2.75, 3.05) is 0 Å². The number of carbonyl (C=O) groups excluding carboxylic acids is 1. The molecule has 3 aromatic heterocycles. The number of carbonyl (C=O) groups is 2. The minimum absolute atomic E-state index is 0.0809. The first-order valence-corrected chi connectivity index (χ1v) is 9.38. The van der Waals surface area contributed by atoms with Gasteiger partial charge < -0.3 is 5.11 Å². The van der Waals surface area contributed by atoms with E-state index in [2.05, 4.69) is 20.2 Å². The highest BCUT2D eigenvalue weighted by Gasteiger charge is 2.21. The van der Waals surface area contributed by atoms with Gasteiger partial charge in [-0.2, -0.15) is 5.10 Å². The molecule has 7 heteroatoms. The molecule has 2 N–H and O–H groups in total. The number of carboxylic acids is 1. The molecule has 0 radical (unpaired) electrons. The summed E-state index contributed by atoms with van der Waals surface area (Å²) in [6.45, 7) is 1.54. The summed E-state index contributed by atoms with van der Waals surface area (Å²) in [5.74, 6) is -0.739. The molecule has 148 valence electrons. The van der Waals surface area contributed by atoms with E-state index < -0.39 is 5.97 Å². The molecule has 0 aliphatic heterocycles. The number of nitrogens with zero attached hydrogens (tertiary/aromatic N) is 3. The number of aromatic nitrogens is 4. The molecule has 0 fully saturated rings. The van der Waals surface area contributed by atoms with Crippen molar-refractivity contribution in [3.05, 3.63) is 71.9 Å². The van der Waals surface area contributed by atoms with Gasteiger partial charge in [0.15, 0.2) is 5.78 Å². The highest BCUT2D eigenvalue weighted by Crippen LogP contribution is 2.32. The number of hydrogen-bond donors (Lipinski definition) is 2. The minimum atomic E-state index is -0.820. The molecule has 29 heavy (non-hydrogen) atoms. The summed E-state index contributed by atoms with van der Waals surface area (Å²) in [5.41, 5.74) is 4.71. The van der Waals surface area contributed by atoms with E-state index in [0.717, 1.165) is 41.8 Å². The molecule has 0 unspecified atom stereocenters. The summed E-state index contributed by atoms with van der Waals surface area (Å²) in [4.78, 5) is 29.7. The van der Waals surface area contributed by atoms with Crippen molar-refractivity contribution in [3.63, 3.8) is 0 Å². The summed E-state index contributed by atoms with van der Waals surface area (Å²) in [6, 6.07) is 9.07. The Labute approximate surface area is 168 Å². The lowest BCUT2D eigenvalue weighted by molar-refractivity contribution is -0.132. The molecule has 0 atom stereocenters. The van der Waals surface area contributed by atoms with Crippen molar-refractivity contribution in [3.8, 4) is 11.3 Å². The third-order valence-electron chi connectivity index (χ3n) is 4.69. The summed E-state index contributed by atoms with van der Waals surface area (Å²) in [7, 11) is 0. The largest absolute Gasteiger partial charge is 0.478 e. The monoisotopic (exact) mass is 390 g/mol. The van der Waals surface area contributed by atoms with Crippen LogP contribution in [0.5, 0.6) is 0 Å². The first kappa shape index (κ1) is 20.1. The number of aromatic amines is 1. The van der Waals surface area contributed by atoms with Gasteiger partial charge in [-0.05, 0) is 68.5 Å². The summed E-state index contributed by atoms with van der Waals surface area (Å²) < 4.78 is 0. The highest BCUT2D eigenvalue weighted by atomic mass is 16.4. The molecule has 7 nitrogen and oxygen atoms in total. The van der Waals surface area contributed by atoms with Crippen LogP contribution < -0.4 is 0 Å². The van der Waals surface area contributed by atoms with E-state index in [0.29, 0.717) is 17.6 Å². The molecule has 0 bridgehead atoms. The number of Topliss-reactive ketones (excluding diaryl/α,β-unsaturated/α-hetero) is 1. The van der Waals surface area contributed by atoms with Gasteiger partial charge in [0.2, 0.25) is 0 Å². The van der Waals surface area contributed by atoms with Crippen molar-refractivity contribution in [1.29, 1.82) is 0 Å². The summed E-state index contributed by atoms with van der Waals surface area (Å²) in [5, 5.41) is 16.5. The molecule has 0 amide bonds. The maximum absolute atomic E-state index is 11.3. The summed E-state index contributed by atoms with van der Waals surface area (Å²) >= 11 is 0. The van der Waals surface area contributed by atoms with Crippen LogP contribution in [0.3, 0.4) is 0 Å². The van der Waals surface area contributed by atoms with Crippen LogP contribution in [0.1, 0.15) is 48.7 Å². The van der Waals surface area contributed by atoms with Crippen LogP contribution in [0.15, 0.2) is 60.7 Å². The molecule has 3 heterocycles. The molecule has 4 rings (SSSR count). The van der Waals surface area contributed by atoms with Crippen LogP contribution in [0, 0.1) is 0 Å². The minimum Gasteiger partial charge on any atom is -0.478 e. The van der Waals surface area contributed by atoms with Gasteiger partial charge in [-0.25, -0.2) is 4.79 Å². The average molecular weight is 390 g/mol. The van der Waals surface area contributed by atoms with Crippen LogP contribution in [-0.4, -0.2) is 37.0 Å². The van der Waals surface area contributed by atoms with Gasteiger partial charge in [0.25, 0.3) is 0 Å². The lowest BCUT2D eigenvalue weighted by Crippen LogP contribution is -2.08. The quantitative estimate of drug-likeness (QED) is 0.647. The Morgan fingerprint density at radius 1 is 0.966 bits per heavy atom. The second-order valence-electron chi connectivity index (χ2n) is 6.66. The number of nitrogens with one attached hydrogen (secondary N) is 1. The van der Waals surface area contributed by atoms with Crippen molar-refractivity contribution in [2.45, 2.75) is 32.6 Å². The zero-order valence-corrected chi connectivity index (χ0v) is 16.1. The number of carboxylic acid groups (broad SMARTS) is 1. The van der Waals surface area contributed by atoms with E-state index in [1.54, 1.807) is 36.9 Å². The fraction of sp³-hybridized carbons (Fsp3) is 0.227. The second-order valence-corrected chi connectivity index (χ2v) is 6.66. The Kier molecular flexibility index (Phi) is 6.63. The molecular weight excluding hydrogens is 368 g/mol. The van der Waals surface area contributed by atoms with Gasteiger partial charge in [-0.3, -0.25) is 19.9 Å². The average Bonchev–Trinajstić information content (AvgIpc) is 3.26. The smallest absolute Gasteiger partial charge is 0.331 e. The van der Waals surface area contributed by atoms with Gasteiger partial charge in [0, 0.05) is 41.5 Å². The van der Waals surface area contributed by atoms with Crippen molar-refractivity contribution in [1.82, 2.24) is 20.2 Å². The third kappa shape index (κ3) is 5.22. The second kappa shape index (κ2) is 9.54. The molecule has 0 saturated carbocycles. The number of pyridine rings is 2. The van der Waals surface area contributed by atoms with Crippen LogP contribution in [-0.2, 0) is 4.79 Å². The third-order valence-corrected chi connectivity index (χ3v) is 4.69. The number of allylic oxidation sites excluding steroid dienone is 1. The van der Waals surface area contributed by atoms with Gasteiger partial charge in [0.1, 0.15) is 0 Å². The maximum atomic E-state index is 11.3. The lowest BCUT2D eigenvalue weighted by Gasteiger charge is -2.16. The van der Waals surface area contributed by atoms with Crippen LogP contribution in [0.25, 0.3) is 16.8 Å². The van der Waals surface area contributed by atoms with Gasteiger partial charge in [-0.15, -0.1) is 0 Å². The SMILES string of the molecule is CC(=O)c1ccncc1.O=C(O)C1=C(c2cc(-c3ccncc3)n[nH]2)CCCC1. The molecule has 0 aromatic carbocycles. The molecule has 0 spiro atoms. The Morgan fingerprint density at radius 3 is 2.17 bits per heavy atom. The number of hydrogen-bond acceptors (Lipinski definition) is 5. The van der Waals surface area contributed by atoms with Gasteiger partial charge in [-0.1, -0.05) is 0 Å². The number of H-pyrrole nitrogens is 1. The van der Waals surface area contributed by atoms with E-state index in [4.69, 9.17) is 0 Å². The van der Waals surface area contributed by atoms with E-state index in [-0.39, 0.29) is 5.78 Å². The van der Waals surface area contributed by atoms with Crippen LogP contribution in [0.2, 0.25) is 0 Å². The van der Waals surface area contributed by atoms with Gasteiger partial charge >= 0.3 is 5.97 Å². The Bertz CT molecular complexity index is 1010. The van der Waals surface area contributed by atoms with E-state index in [9.17, 15) is 14.7 Å². The van der Waals surface area contributed by atoms with Crippen molar-refractivity contribution < 1.29 is 14.7 Å². The molecule has 3 aromatic rings. The first-order valence-electron chi connectivity index (χ1n) is 9.38. The Morgan fingerprint density at radius 2 is 1.59 bits per heavy atom. The van der Waals surface area contributed by atoms with Crippen LogP contribution >= 0.6 is 0 Å². The fourth-order valence-electron chi connectivity index (χ4n) is 3.17. The highest BCUT2D eigenvalue weighted by molar-refractivity contribution is 5.96. The van der Waals surface area contributed by atoms with Crippen LogP contribution in [0.4, 0.5) is 0 Å². The fourth-order valence-corrected chi connectivity index (χ4v) is 3.17. The summed E-state index contributed by atoms with van der Waals surface area (Å²) in [6.07, 6.45) is 10.0. The standard InChI is InChI=1S/C15H15N3O2.C7H7NO/c19-15(20)12-4-2-1-3-11(12)14-9-13(17-18-14)10-5-7-16-8-6-10;1-6(9)7-2-4-8-5-3-7/h5-9H,1-4H2,(H,17,18)(H,19,20);2-5H,1H3. The normalized spacial score (nSPS) is 13.4. The predicted molar refractivity (Wildman–Crippen MR) is 109 cm³/mol. The molecule has 1 aliphatic rings. The zero-order chi connectivity index (χ0) is 20.6. The Hall–Kier alpha value is -3.61. The Balaban J connectivity index is 0.000000224. The van der Waals surface area contributed by atoms with E-state index in [1.165, 1.54) is 6.92 Å². The first-order chi connectivity index (χ1) is 14.1. The number of aliphatic carboxylic acids is 1.